The molecule has 1 aliphatic heterocycles. The number of nitrogens with one attached hydrogen (secondary N) is 3. The first-order chi connectivity index (χ1) is 8.15. The molecule has 0 spiro atoms. The van der Waals surface area contributed by atoms with Crippen LogP contribution in [-0.4, -0.2) is 35.9 Å². The number of rotatable bonds is 3. The van der Waals surface area contributed by atoms with Crippen LogP contribution in [0.1, 0.15) is 10.7 Å². The average molecular weight is 254 g/mol. The van der Waals surface area contributed by atoms with Crippen LogP contribution in [0.4, 0.5) is 0 Å². The van der Waals surface area contributed by atoms with Crippen molar-refractivity contribution in [3.63, 3.8) is 0 Å². The number of nitrogens with zero attached hydrogens (tertiary/aromatic N) is 1. The Hall–Kier alpha value is -1.47. The maximum absolute atomic E-state index is 11.7. The molecule has 0 aliphatic carbocycles. The highest BCUT2D eigenvalue weighted by atomic mass is 32.1. The summed E-state index contributed by atoms with van der Waals surface area (Å²) in [6.45, 7) is 2.87. The second-order valence-corrected chi connectivity index (χ2v) is 4.78. The van der Waals surface area contributed by atoms with Crippen molar-refractivity contribution < 1.29 is 9.59 Å². The number of amides is 2. The van der Waals surface area contributed by atoms with Crippen LogP contribution in [0.2, 0.25) is 0 Å². The minimum Gasteiger partial charge on any atom is -0.353 e. The van der Waals surface area contributed by atoms with Crippen LogP contribution in [0, 0.1) is 6.92 Å². The largest absolute Gasteiger partial charge is 0.353 e. The zero-order chi connectivity index (χ0) is 12.3. The summed E-state index contributed by atoms with van der Waals surface area (Å²) in [5.74, 6) is -0.192. The standard InChI is InChI=1S/C10H14N4O2S/c1-6-5-17-9(14-6)4-13-10(16)7-2-12-8(15)3-11-7/h5,7,11H,2-4H2,1H3,(H,12,15)(H,13,16). The van der Waals surface area contributed by atoms with Crippen molar-refractivity contribution in [1.82, 2.24) is 20.9 Å². The minimum absolute atomic E-state index is 0.0791. The third-order valence-corrected chi connectivity index (χ3v) is 3.38. The fourth-order valence-electron chi connectivity index (χ4n) is 1.52. The Balaban J connectivity index is 1.79. The molecule has 0 radical (unpaired) electrons. The van der Waals surface area contributed by atoms with E-state index in [1.807, 2.05) is 12.3 Å². The molecule has 0 aromatic carbocycles. The van der Waals surface area contributed by atoms with Gasteiger partial charge in [0.15, 0.2) is 0 Å². The van der Waals surface area contributed by atoms with Gasteiger partial charge in [0, 0.05) is 17.6 Å². The molecule has 2 rings (SSSR count). The van der Waals surface area contributed by atoms with Gasteiger partial charge in [-0.2, -0.15) is 0 Å². The van der Waals surface area contributed by atoms with Crippen LogP contribution in [0.5, 0.6) is 0 Å². The number of hydrogen-bond donors (Lipinski definition) is 3. The van der Waals surface area contributed by atoms with Crippen LogP contribution in [0.25, 0.3) is 0 Å². The Morgan fingerprint density at radius 3 is 3.12 bits per heavy atom. The van der Waals surface area contributed by atoms with Crippen molar-refractivity contribution in [2.24, 2.45) is 0 Å². The number of carbonyl (C=O) groups is 2. The van der Waals surface area contributed by atoms with E-state index >= 15 is 0 Å². The molecule has 1 aromatic rings. The second kappa shape index (κ2) is 5.24. The number of aryl methyl sites for hydroxylation is 1. The number of thiazole rings is 1. The van der Waals surface area contributed by atoms with Crippen molar-refractivity contribution in [1.29, 1.82) is 0 Å². The van der Waals surface area contributed by atoms with Gasteiger partial charge in [-0.25, -0.2) is 4.98 Å². The van der Waals surface area contributed by atoms with E-state index in [1.165, 1.54) is 11.3 Å². The van der Waals surface area contributed by atoms with Gasteiger partial charge >= 0.3 is 0 Å². The highest BCUT2D eigenvalue weighted by Gasteiger charge is 2.23. The van der Waals surface area contributed by atoms with Crippen LogP contribution in [0.3, 0.4) is 0 Å². The van der Waals surface area contributed by atoms with Crippen molar-refractivity contribution >= 4 is 23.2 Å². The molecule has 1 unspecified atom stereocenters. The summed E-state index contributed by atoms with van der Waals surface area (Å²) in [7, 11) is 0. The summed E-state index contributed by atoms with van der Waals surface area (Å²) in [5.41, 5.74) is 0.960. The summed E-state index contributed by atoms with van der Waals surface area (Å²) in [6, 6.07) is -0.353. The molecule has 0 bridgehead atoms. The number of carbonyl (C=O) groups excluding carboxylic acids is 2. The first-order valence-corrected chi connectivity index (χ1v) is 6.22. The lowest BCUT2D eigenvalue weighted by molar-refractivity contribution is -0.126. The van der Waals surface area contributed by atoms with E-state index < -0.39 is 0 Å². The van der Waals surface area contributed by atoms with Gasteiger partial charge in [0.2, 0.25) is 11.8 Å². The van der Waals surface area contributed by atoms with Crippen molar-refractivity contribution in [2.45, 2.75) is 19.5 Å². The first kappa shape index (κ1) is 12.0. The summed E-state index contributed by atoms with van der Waals surface area (Å²) in [6.07, 6.45) is 0. The SMILES string of the molecule is Cc1csc(CNC(=O)C2CNC(=O)CN2)n1. The summed E-state index contributed by atoms with van der Waals surface area (Å²) in [5, 5.41) is 11.1. The molecule has 3 N–H and O–H groups in total. The van der Waals surface area contributed by atoms with E-state index in [4.69, 9.17) is 0 Å². The van der Waals surface area contributed by atoms with Gasteiger partial charge < -0.3 is 10.6 Å². The van der Waals surface area contributed by atoms with Crippen molar-refractivity contribution in [3.05, 3.63) is 16.1 Å². The fraction of sp³-hybridized carbons (Fsp3) is 0.500. The molecule has 7 heteroatoms. The molecule has 0 saturated carbocycles. The van der Waals surface area contributed by atoms with Crippen LogP contribution >= 0.6 is 11.3 Å². The van der Waals surface area contributed by atoms with E-state index in [-0.39, 0.29) is 24.4 Å². The Labute approximate surface area is 103 Å². The Morgan fingerprint density at radius 1 is 1.71 bits per heavy atom. The molecular formula is C10H14N4O2S. The third-order valence-electron chi connectivity index (χ3n) is 2.41. The summed E-state index contributed by atoms with van der Waals surface area (Å²) in [4.78, 5) is 26.9. The molecule has 1 saturated heterocycles. The molecule has 1 aromatic heterocycles. The van der Waals surface area contributed by atoms with E-state index in [0.717, 1.165) is 10.7 Å². The van der Waals surface area contributed by atoms with Crippen molar-refractivity contribution in [2.75, 3.05) is 13.1 Å². The summed E-state index contributed by atoms with van der Waals surface area (Å²) < 4.78 is 0. The molecule has 1 aliphatic rings. The normalized spacial score (nSPS) is 19.8. The van der Waals surface area contributed by atoms with Gasteiger partial charge in [0.25, 0.3) is 0 Å². The minimum atomic E-state index is -0.353. The third kappa shape index (κ3) is 3.24. The second-order valence-electron chi connectivity index (χ2n) is 3.84. The molecule has 1 atom stereocenters. The quantitative estimate of drug-likeness (QED) is 0.656. The molecule has 17 heavy (non-hydrogen) atoms. The average Bonchev–Trinajstić information content (AvgIpc) is 2.73. The smallest absolute Gasteiger partial charge is 0.239 e. The van der Waals surface area contributed by atoms with Crippen LogP contribution in [0.15, 0.2) is 5.38 Å². The van der Waals surface area contributed by atoms with Crippen LogP contribution < -0.4 is 16.0 Å². The molecular weight excluding hydrogens is 240 g/mol. The molecule has 92 valence electrons. The zero-order valence-corrected chi connectivity index (χ0v) is 10.3. The highest BCUT2D eigenvalue weighted by Crippen LogP contribution is 2.07. The first-order valence-electron chi connectivity index (χ1n) is 5.34. The Bertz CT molecular complexity index is 422. The maximum atomic E-state index is 11.7. The Kier molecular flexibility index (Phi) is 3.70. The number of piperazine rings is 1. The molecule has 6 nitrogen and oxygen atoms in total. The fourth-order valence-corrected chi connectivity index (χ4v) is 2.23. The van der Waals surface area contributed by atoms with E-state index in [1.54, 1.807) is 0 Å². The monoisotopic (exact) mass is 254 g/mol. The number of hydrogen-bond acceptors (Lipinski definition) is 5. The van der Waals surface area contributed by atoms with Gasteiger partial charge in [0.1, 0.15) is 11.0 Å². The van der Waals surface area contributed by atoms with Gasteiger partial charge in [-0.05, 0) is 6.92 Å². The van der Waals surface area contributed by atoms with Gasteiger partial charge in [-0.1, -0.05) is 0 Å². The van der Waals surface area contributed by atoms with Gasteiger partial charge in [-0.15, -0.1) is 11.3 Å². The Morgan fingerprint density at radius 2 is 2.53 bits per heavy atom. The van der Waals surface area contributed by atoms with Crippen LogP contribution in [-0.2, 0) is 16.1 Å². The maximum Gasteiger partial charge on any atom is 0.239 e. The topological polar surface area (TPSA) is 83.1 Å². The molecule has 2 amide bonds. The summed E-state index contributed by atoms with van der Waals surface area (Å²) >= 11 is 1.52. The lowest BCUT2D eigenvalue weighted by Gasteiger charge is -2.22. The number of aromatic nitrogens is 1. The lowest BCUT2D eigenvalue weighted by atomic mass is 10.2. The van der Waals surface area contributed by atoms with Gasteiger partial charge in [0.05, 0.1) is 13.1 Å². The van der Waals surface area contributed by atoms with Gasteiger partial charge in [-0.3, -0.25) is 14.9 Å². The lowest BCUT2D eigenvalue weighted by Crippen LogP contribution is -2.57. The van der Waals surface area contributed by atoms with E-state index in [0.29, 0.717) is 13.1 Å². The van der Waals surface area contributed by atoms with E-state index in [9.17, 15) is 9.59 Å². The highest BCUT2D eigenvalue weighted by molar-refractivity contribution is 7.09. The van der Waals surface area contributed by atoms with Crippen molar-refractivity contribution in [3.8, 4) is 0 Å². The predicted octanol–water partition coefficient (Wildman–Crippen LogP) is -0.844. The zero-order valence-electron chi connectivity index (χ0n) is 9.45. The van der Waals surface area contributed by atoms with E-state index in [2.05, 4.69) is 20.9 Å². The molecule has 1 fully saturated rings. The molecule has 2 heterocycles. The predicted molar refractivity (Wildman–Crippen MR) is 63.5 cm³/mol.